The molecule has 0 atom stereocenters. The minimum absolute atomic E-state index is 0.263. The van der Waals surface area contributed by atoms with Gasteiger partial charge in [-0.1, -0.05) is 42.5 Å². The SMILES string of the molecule is N#Cc1c(SCc2ccccc2)nc(-c2ccccc2F)c2c1CCCC2. The van der Waals surface area contributed by atoms with Crippen LogP contribution in [-0.4, -0.2) is 4.98 Å². The van der Waals surface area contributed by atoms with Gasteiger partial charge >= 0.3 is 0 Å². The molecule has 1 aliphatic rings. The molecule has 0 saturated heterocycles. The van der Waals surface area contributed by atoms with Crippen molar-refractivity contribution in [3.05, 3.63) is 82.7 Å². The molecule has 3 aromatic rings. The number of benzene rings is 2. The van der Waals surface area contributed by atoms with Crippen LogP contribution in [0.3, 0.4) is 0 Å². The quantitative estimate of drug-likeness (QED) is 0.531. The van der Waals surface area contributed by atoms with Gasteiger partial charge in [-0.2, -0.15) is 5.26 Å². The van der Waals surface area contributed by atoms with E-state index in [1.54, 1.807) is 23.9 Å². The lowest BCUT2D eigenvalue weighted by Gasteiger charge is -2.22. The molecule has 0 aliphatic heterocycles. The van der Waals surface area contributed by atoms with E-state index in [9.17, 15) is 9.65 Å². The molecule has 0 unspecified atom stereocenters. The van der Waals surface area contributed by atoms with Crippen LogP contribution in [0.2, 0.25) is 0 Å². The average Bonchev–Trinajstić information content (AvgIpc) is 2.72. The van der Waals surface area contributed by atoms with Crippen LogP contribution in [-0.2, 0) is 18.6 Å². The van der Waals surface area contributed by atoms with Crippen LogP contribution in [0.4, 0.5) is 4.39 Å². The molecule has 0 bridgehead atoms. The standard InChI is InChI=1S/C23H19FN2S/c24-21-13-7-6-12-19(21)22-18-11-5-4-10-17(18)20(14-25)23(26-22)27-15-16-8-2-1-3-9-16/h1-3,6-9,12-13H,4-5,10-11,15H2. The van der Waals surface area contributed by atoms with Crippen LogP contribution in [0.25, 0.3) is 11.3 Å². The third-order valence-corrected chi connectivity index (χ3v) is 5.99. The number of nitriles is 1. The normalized spacial score (nSPS) is 13.0. The molecular formula is C23H19FN2S. The van der Waals surface area contributed by atoms with Crippen molar-refractivity contribution < 1.29 is 4.39 Å². The highest BCUT2D eigenvalue weighted by Gasteiger charge is 2.24. The van der Waals surface area contributed by atoms with Crippen molar-refractivity contribution >= 4 is 11.8 Å². The van der Waals surface area contributed by atoms with E-state index in [0.717, 1.165) is 42.6 Å². The Hall–Kier alpha value is -2.64. The summed E-state index contributed by atoms with van der Waals surface area (Å²) in [5.74, 6) is 0.472. The minimum Gasteiger partial charge on any atom is -0.240 e. The zero-order valence-corrected chi connectivity index (χ0v) is 15.7. The summed E-state index contributed by atoms with van der Waals surface area (Å²) in [6.07, 6.45) is 3.83. The second kappa shape index (κ2) is 7.94. The number of rotatable bonds is 4. The molecule has 4 heteroatoms. The summed E-state index contributed by atoms with van der Waals surface area (Å²) in [7, 11) is 0. The molecule has 0 spiro atoms. The van der Waals surface area contributed by atoms with Gasteiger partial charge in [0.15, 0.2) is 0 Å². The van der Waals surface area contributed by atoms with E-state index in [2.05, 4.69) is 18.2 Å². The van der Waals surface area contributed by atoms with Crippen molar-refractivity contribution in [2.24, 2.45) is 0 Å². The second-order valence-corrected chi connectivity index (χ2v) is 7.63. The number of aromatic nitrogens is 1. The zero-order chi connectivity index (χ0) is 18.6. The first-order valence-electron chi connectivity index (χ1n) is 9.15. The van der Waals surface area contributed by atoms with E-state index < -0.39 is 0 Å². The highest BCUT2D eigenvalue weighted by Crippen LogP contribution is 2.38. The molecule has 1 aromatic heterocycles. The van der Waals surface area contributed by atoms with Crippen molar-refractivity contribution in [1.82, 2.24) is 4.98 Å². The van der Waals surface area contributed by atoms with Gasteiger partial charge in [0.1, 0.15) is 16.9 Å². The Kier molecular flexibility index (Phi) is 5.22. The van der Waals surface area contributed by atoms with Gasteiger partial charge in [0.2, 0.25) is 0 Å². The maximum absolute atomic E-state index is 14.5. The van der Waals surface area contributed by atoms with Gasteiger partial charge < -0.3 is 0 Å². The molecule has 0 fully saturated rings. The Morgan fingerprint density at radius 3 is 2.41 bits per heavy atom. The largest absolute Gasteiger partial charge is 0.240 e. The van der Waals surface area contributed by atoms with Crippen LogP contribution in [0.15, 0.2) is 59.6 Å². The lowest BCUT2D eigenvalue weighted by molar-refractivity contribution is 0.628. The summed E-state index contributed by atoms with van der Waals surface area (Å²) in [5, 5.41) is 10.5. The molecule has 4 rings (SSSR count). The van der Waals surface area contributed by atoms with Crippen molar-refractivity contribution in [2.45, 2.75) is 36.5 Å². The minimum atomic E-state index is -0.263. The van der Waals surface area contributed by atoms with E-state index in [1.165, 1.54) is 11.6 Å². The Morgan fingerprint density at radius 2 is 1.67 bits per heavy atom. The first-order valence-corrected chi connectivity index (χ1v) is 10.1. The summed E-state index contributed by atoms with van der Waals surface area (Å²) in [5.41, 5.74) is 5.20. The van der Waals surface area contributed by atoms with Crippen molar-refractivity contribution in [2.75, 3.05) is 0 Å². The third-order valence-electron chi connectivity index (χ3n) is 4.94. The number of nitrogens with zero attached hydrogens (tertiary/aromatic N) is 2. The monoisotopic (exact) mass is 374 g/mol. The number of hydrogen-bond acceptors (Lipinski definition) is 3. The number of thioether (sulfide) groups is 1. The molecule has 0 radical (unpaired) electrons. The predicted octanol–water partition coefficient (Wildman–Crippen LogP) is 5.93. The fraction of sp³-hybridized carbons (Fsp3) is 0.217. The third kappa shape index (κ3) is 3.61. The fourth-order valence-corrected chi connectivity index (χ4v) is 4.58. The zero-order valence-electron chi connectivity index (χ0n) is 14.9. The number of hydrogen-bond donors (Lipinski definition) is 0. The maximum atomic E-state index is 14.5. The van der Waals surface area contributed by atoms with Gasteiger partial charge in [-0.05, 0) is 54.5 Å². The van der Waals surface area contributed by atoms with Crippen LogP contribution < -0.4 is 0 Å². The van der Waals surface area contributed by atoms with Crippen molar-refractivity contribution in [3.63, 3.8) is 0 Å². The molecule has 27 heavy (non-hydrogen) atoms. The van der Waals surface area contributed by atoms with Crippen LogP contribution in [0.1, 0.15) is 35.1 Å². The molecule has 0 amide bonds. The lowest BCUT2D eigenvalue weighted by Crippen LogP contribution is -2.11. The number of halogens is 1. The molecule has 1 aliphatic carbocycles. The Labute approximate surface area is 163 Å². The summed E-state index contributed by atoms with van der Waals surface area (Å²) >= 11 is 1.56. The summed E-state index contributed by atoms with van der Waals surface area (Å²) < 4.78 is 14.5. The predicted molar refractivity (Wildman–Crippen MR) is 107 cm³/mol. The summed E-state index contributed by atoms with van der Waals surface area (Å²) in [6, 6.07) is 19.3. The molecule has 1 heterocycles. The highest BCUT2D eigenvalue weighted by molar-refractivity contribution is 7.98. The lowest BCUT2D eigenvalue weighted by atomic mass is 9.86. The molecule has 0 N–H and O–H groups in total. The van der Waals surface area contributed by atoms with Gasteiger partial charge in [-0.25, -0.2) is 9.37 Å². The fourth-order valence-electron chi connectivity index (χ4n) is 3.62. The molecule has 0 saturated carbocycles. The first-order chi connectivity index (χ1) is 13.3. The van der Waals surface area contributed by atoms with Crippen molar-refractivity contribution in [1.29, 1.82) is 5.26 Å². The van der Waals surface area contributed by atoms with Crippen LogP contribution in [0, 0.1) is 17.1 Å². The van der Waals surface area contributed by atoms with Gasteiger partial charge in [-0.15, -0.1) is 11.8 Å². The average molecular weight is 374 g/mol. The van der Waals surface area contributed by atoms with Gasteiger partial charge in [0.25, 0.3) is 0 Å². The van der Waals surface area contributed by atoms with E-state index in [0.29, 0.717) is 21.8 Å². The Morgan fingerprint density at radius 1 is 0.963 bits per heavy atom. The molecular weight excluding hydrogens is 355 g/mol. The van der Waals surface area contributed by atoms with Crippen LogP contribution in [0.5, 0.6) is 0 Å². The maximum Gasteiger partial charge on any atom is 0.132 e. The Balaban J connectivity index is 1.82. The van der Waals surface area contributed by atoms with Gasteiger partial charge in [0, 0.05) is 11.3 Å². The van der Waals surface area contributed by atoms with Gasteiger partial charge in [0.05, 0.1) is 11.3 Å². The molecule has 134 valence electrons. The van der Waals surface area contributed by atoms with E-state index >= 15 is 0 Å². The molecule has 2 nitrogen and oxygen atoms in total. The highest BCUT2D eigenvalue weighted by atomic mass is 32.2. The summed E-state index contributed by atoms with van der Waals surface area (Å²) in [6.45, 7) is 0. The topological polar surface area (TPSA) is 36.7 Å². The smallest absolute Gasteiger partial charge is 0.132 e. The van der Waals surface area contributed by atoms with Gasteiger partial charge in [-0.3, -0.25) is 0 Å². The van der Waals surface area contributed by atoms with Crippen molar-refractivity contribution in [3.8, 4) is 17.3 Å². The molecule has 2 aromatic carbocycles. The first kappa shape index (κ1) is 17.8. The summed E-state index contributed by atoms with van der Waals surface area (Å²) in [4.78, 5) is 4.80. The number of fused-ring (bicyclic) bond motifs is 1. The van der Waals surface area contributed by atoms with E-state index in [1.807, 2.05) is 24.3 Å². The number of pyridine rings is 1. The Bertz CT molecular complexity index is 1010. The second-order valence-electron chi connectivity index (χ2n) is 6.67. The van der Waals surface area contributed by atoms with E-state index in [-0.39, 0.29) is 5.82 Å². The van der Waals surface area contributed by atoms with Crippen LogP contribution >= 0.6 is 11.8 Å². The van der Waals surface area contributed by atoms with E-state index in [4.69, 9.17) is 4.98 Å².